The molecule has 20 heavy (non-hydrogen) atoms. The monoisotopic (exact) mass is 273 g/mol. The molecule has 2 aromatic rings. The normalized spacial score (nSPS) is 15.3. The Morgan fingerprint density at radius 1 is 1.10 bits per heavy atom. The van der Waals surface area contributed by atoms with Gasteiger partial charge < -0.3 is 14.1 Å². The summed E-state index contributed by atoms with van der Waals surface area (Å²) < 4.78 is 10.4. The first kappa shape index (κ1) is 12.7. The van der Waals surface area contributed by atoms with Crippen LogP contribution in [-0.4, -0.2) is 24.1 Å². The number of piperidine rings is 1. The Morgan fingerprint density at radius 3 is 2.65 bits per heavy atom. The number of ether oxygens (including phenoxy) is 1. The van der Waals surface area contributed by atoms with Crippen molar-refractivity contribution in [2.45, 2.75) is 19.3 Å². The molecule has 1 aromatic carbocycles. The summed E-state index contributed by atoms with van der Waals surface area (Å²) >= 11 is 0. The summed E-state index contributed by atoms with van der Waals surface area (Å²) in [6.45, 7) is 1.48. The van der Waals surface area contributed by atoms with E-state index in [0.717, 1.165) is 37.7 Å². The van der Waals surface area contributed by atoms with E-state index in [1.807, 2.05) is 0 Å². The zero-order valence-electron chi connectivity index (χ0n) is 11.0. The highest BCUT2D eigenvalue weighted by molar-refractivity contribution is 5.79. The molecule has 2 heterocycles. The molecular weight excluding hydrogens is 258 g/mol. The molecule has 5 nitrogen and oxygen atoms in total. The molecule has 0 unspecified atom stereocenters. The predicted molar refractivity (Wildman–Crippen MR) is 73.9 cm³/mol. The van der Waals surface area contributed by atoms with Crippen LogP contribution in [0.2, 0.25) is 0 Å². The van der Waals surface area contributed by atoms with Crippen molar-refractivity contribution in [3.05, 3.63) is 40.8 Å². The summed E-state index contributed by atoms with van der Waals surface area (Å²) in [5.74, 6) is 0.391. The lowest BCUT2D eigenvalue weighted by molar-refractivity contribution is 0.142. The lowest BCUT2D eigenvalue weighted by Gasteiger charge is -2.25. The molecule has 1 aliphatic heterocycles. The van der Waals surface area contributed by atoms with Gasteiger partial charge in [-0.2, -0.15) is 0 Å². The fraction of sp³-hybridized carbons (Fsp3) is 0.333. The van der Waals surface area contributed by atoms with Gasteiger partial charge in [-0.3, -0.25) is 0 Å². The summed E-state index contributed by atoms with van der Waals surface area (Å²) in [7, 11) is 0. The second kappa shape index (κ2) is 5.36. The number of amides is 1. The summed E-state index contributed by atoms with van der Waals surface area (Å²) in [6, 6.07) is 8.07. The minimum absolute atomic E-state index is 0.345. The topological polar surface area (TPSA) is 59.8 Å². The minimum atomic E-state index is -0.419. The molecule has 1 aliphatic rings. The van der Waals surface area contributed by atoms with Crippen molar-refractivity contribution in [2.24, 2.45) is 0 Å². The van der Waals surface area contributed by atoms with Crippen LogP contribution in [0.5, 0.6) is 5.75 Å². The van der Waals surface area contributed by atoms with Gasteiger partial charge >= 0.3 is 11.7 Å². The van der Waals surface area contributed by atoms with Crippen molar-refractivity contribution >= 4 is 17.1 Å². The third kappa shape index (κ3) is 2.66. The molecule has 0 bridgehead atoms. The molecule has 5 heteroatoms. The van der Waals surface area contributed by atoms with Crippen molar-refractivity contribution in [2.75, 3.05) is 13.1 Å². The van der Waals surface area contributed by atoms with E-state index in [2.05, 4.69) is 0 Å². The summed E-state index contributed by atoms with van der Waals surface area (Å²) in [6.07, 6.45) is 2.84. The molecule has 104 valence electrons. The van der Waals surface area contributed by atoms with Gasteiger partial charge in [-0.1, -0.05) is 0 Å². The molecule has 0 atom stereocenters. The quantitative estimate of drug-likeness (QED) is 0.750. The average Bonchev–Trinajstić information content (AvgIpc) is 2.47. The molecule has 1 saturated heterocycles. The van der Waals surface area contributed by atoms with Gasteiger partial charge in [-0.25, -0.2) is 9.59 Å². The lowest BCUT2D eigenvalue weighted by Crippen LogP contribution is -2.37. The molecule has 0 aliphatic carbocycles. The Labute approximate surface area is 115 Å². The number of rotatable bonds is 1. The van der Waals surface area contributed by atoms with Crippen LogP contribution in [0.1, 0.15) is 19.3 Å². The fourth-order valence-electron chi connectivity index (χ4n) is 2.35. The van der Waals surface area contributed by atoms with Crippen molar-refractivity contribution in [3.63, 3.8) is 0 Å². The first-order chi connectivity index (χ1) is 9.72. The predicted octanol–water partition coefficient (Wildman–Crippen LogP) is 2.78. The molecule has 0 N–H and O–H groups in total. The first-order valence-corrected chi connectivity index (χ1v) is 6.73. The largest absolute Gasteiger partial charge is 0.423 e. The van der Waals surface area contributed by atoms with Crippen molar-refractivity contribution < 1.29 is 13.9 Å². The van der Waals surface area contributed by atoms with E-state index in [-0.39, 0.29) is 6.09 Å². The maximum absolute atomic E-state index is 12.0. The molecule has 1 amide bonds. The van der Waals surface area contributed by atoms with Crippen LogP contribution in [0.4, 0.5) is 4.79 Å². The van der Waals surface area contributed by atoms with E-state index in [1.54, 1.807) is 29.2 Å². The fourth-order valence-corrected chi connectivity index (χ4v) is 2.35. The maximum atomic E-state index is 12.0. The highest BCUT2D eigenvalue weighted by Crippen LogP contribution is 2.20. The van der Waals surface area contributed by atoms with E-state index in [1.165, 1.54) is 6.07 Å². The van der Waals surface area contributed by atoms with Crippen molar-refractivity contribution in [1.29, 1.82) is 0 Å². The first-order valence-electron chi connectivity index (χ1n) is 6.73. The van der Waals surface area contributed by atoms with Gasteiger partial charge in [0.05, 0.1) is 0 Å². The van der Waals surface area contributed by atoms with Crippen molar-refractivity contribution in [1.82, 2.24) is 4.90 Å². The van der Waals surface area contributed by atoms with Gasteiger partial charge in [0.1, 0.15) is 11.3 Å². The second-order valence-corrected chi connectivity index (χ2v) is 4.87. The van der Waals surface area contributed by atoms with E-state index in [9.17, 15) is 9.59 Å². The SMILES string of the molecule is O=C(Oc1ccc2ccc(=O)oc2c1)N1CCCCC1. The molecule has 0 spiro atoms. The van der Waals surface area contributed by atoms with Crippen LogP contribution >= 0.6 is 0 Å². The highest BCUT2D eigenvalue weighted by atomic mass is 16.6. The maximum Gasteiger partial charge on any atom is 0.415 e. The molecule has 0 radical (unpaired) electrons. The molecule has 3 rings (SSSR count). The van der Waals surface area contributed by atoms with Crippen LogP contribution in [0.3, 0.4) is 0 Å². The van der Waals surface area contributed by atoms with E-state index >= 15 is 0 Å². The standard InChI is InChI=1S/C15H15NO4/c17-14-7-5-11-4-6-12(10-13(11)20-14)19-15(18)16-8-2-1-3-9-16/h4-7,10H,1-3,8-9H2. The van der Waals surface area contributed by atoms with Gasteiger partial charge in [0.15, 0.2) is 0 Å². The summed E-state index contributed by atoms with van der Waals surface area (Å²) in [5.41, 5.74) is -0.00143. The average molecular weight is 273 g/mol. The zero-order chi connectivity index (χ0) is 13.9. The van der Waals surface area contributed by atoms with Gasteiger partial charge in [0.2, 0.25) is 0 Å². The highest BCUT2D eigenvalue weighted by Gasteiger charge is 2.18. The number of likely N-dealkylation sites (tertiary alicyclic amines) is 1. The zero-order valence-corrected chi connectivity index (χ0v) is 11.0. The molecular formula is C15H15NO4. The van der Waals surface area contributed by atoms with E-state index in [4.69, 9.17) is 9.15 Å². The molecule has 0 saturated carbocycles. The number of carbonyl (C=O) groups excluding carboxylic acids is 1. The number of nitrogens with zero attached hydrogens (tertiary/aromatic N) is 1. The minimum Gasteiger partial charge on any atom is -0.423 e. The smallest absolute Gasteiger partial charge is 0.415 e. The van der Waals surface area contributed by atoms with Crippen LogP contribution < -0.4 is 10.4 Å². The van der Waals surface area contributed by atoms with Crippen LogP contribution in [0.15, 0.2) is 39.5 Å². The lowest BCUT2D eigenvalue weighted by atomic mass is 10.1. The Hall–Kier alpha value is -2.30. The number of carbonyl (C=O) groups is 1. The van der Waals surface area contributed by atoms with Gasteiger partial charge in [-0.15, -0.1) is 0 Å². The Kier molecular flexibility index (Phi) is 3.41. The Bertz CT molecular complexity index is 686. The second-order valence-electron chi connectivity index (χ2n) is 4.87. The van der Waals surface area contributed by atoms with Crippen LogP contribution in [0.25, 0.3) is 11.0 Å². The van der Waals surface area contributed by atoms with Gasteiger partial charge in [-0.05, 0) is 37.5 Å². The summed E-state index contributed by atoms with van der Waals surface area (Å²) in [5, 5.41) is 0.794. The number of hydrogen-bond donors (Lipinski definition) is 0. The number of fused-ring (bicyclic) bond motifs is 1. The van der Waals surface area contributed by atoms with Crippen molar-refractivity contribution in [3.8, 4) is 5.75 Å². The van der Waals surface area contributed by atoms with Crippen LogP contribution in [0, 0.1) is 0 Å². The van der Waals surface area contributed by atoms with Gasteiger partial charge in [0.25, 0.3) is 0 Å². The van der Waals surface area contributed by atoms with E-state index < -0.39 is 5.63 Å². The third-order valence-corrected chi connectivity index (χ3v) is 3.41. The molecule has 1 aromatic heterocycles. The Balaban J connectivity index is 1.79. The molecule has 1 fully saturated rings. The van der Waals surface area contributed by atoms with Crippen LogP contribution in [-0.2, 0) is 0 Å². The third-order valence-electron chi connectivity index (χ3n) is 3.41. The van der Waals surface area contributed by atoms with E-state index in [0.29, 0.717) is 11.3 Å². The number of hydrogen-bond acceptors (Lipinski definition) is 4. The Morgan fingerprint density at radius 2 is 1.85 bits per heavy atom. The number of benzene rings is 1. The summed E-state index contributed by atoms with van der Waals surface area (Å²) in [4.78, 5) is 24.9. The van der Waals surface area contributed by atoms with Gasteiger partial charge in [0, 0.05) is 30.6 Å².